The van der Waals surface area contributed by atoms with Gasteiger partial charge < -0.3 is 9.15 Å². The molecule has 0 N–H and O–H groups in total. The number of methoxy groups -OCH3 is 1. The van der Waals surface area contributed by atoms with Gasteiger partial charge >= 0.3 is 0 Å². The van der Waals surface area contributed by atoms with Crippen molar-refractivity contribution in [3.8, 4) is 17.1 Å². The van der Waals surface area contributed by atoms with Gasteiger partial charge in [-0.15, -0.1) is 0 Å². The Hall–Kier alpha value is -2.26. The number of hydrogen-bond acceptors (Lipinski definition) is 3. The Morgan fingerprint density at radius 2 is 1.80 bits per heavy atom. The number of benzene rings is 2. The van der Waals surface area contributed by atoms with Gasteiger partial charge in [0.25, 0.3) is 0 Å². The van der Waals surface area contributed by atoms with Gasteiger partial charge in [0.1, 0.15) is 17.1 Å². The summed E-state index contributed by atoms with van der Waals surface area (Å²) in [6.07, 6.45) is 0. The second-order valence-corrected chi connectivity index (χ2v) is 4.78. The minimum absolute atomic E-state index is 0.0844. The lowest BCUT2D eigenvalue weighted by Gasteiger charge is -2.05. The lowest BCUT2D eigenvalue weighted by molar-refractivity contribution is 0.414. The molecule has 0 aliphatic heterocycles. The zero-order chi connectivity index (χ0) is 14.1. The van der Waals surface area contributed by atoms with Crippen molar-refractivity contribution in [3.63, 3.8) is 0 Å². The first-order chi connectivity index (χ1) is 9.67. The lowest BCUT2D eigenvalue weighted by atomic mass is 10.1. The third-order valence-corrected chi connectivity index (χ3v) is 3.32. The van der Waals surface area contributed by atoms with E-state index in [-0.39, 0.29) is 5.43 Å². The Bertz CT molecular complexity index is 819. The second kappa shape index (κ2) is 5.02. The number of ether oxygens (including phenoxy) is 1. The first-order valence-corrected chi connectivity index (χ1v) is 6.43. The van der Waals surface area contributed by atoms with E-state index >= 15 is 0 Å². The number of fused-ring (bicyclic) bond motifs is 1. The van der Waals surface area contributed by atoms with Gasteiger partial charge in [0.05, 0.1) is 12.5 Å². The molecule has 0 fully saturated rings. The van der Waals surface area contributed by atoms with E-state index in [2.05, 4.69) is 0 Å². The van der Waals surface area contributed by atoms with Gasteiger partial charge in [0.2, 0.25) is 0 Å². The van der Waals surface area contributed by atoms with Crippen molar-refractivity contribution in [3.05, 3.63) is 63.8 Å². The summed E-state index contributed by atoms with van der Waals surface area (Å²) in [6.45, 7) is 0. The highest BCUT2D eigenvalue weighted by atomic mass is 35.5. The molecule has 0 amide bonds. The molecule has 0 saturated heterocycles. The predicted octanol–water partition coefficient (Wildman–Crippen LogP) is 4.12. The highest BCUT2D eigenvalue weighted by Crippen LogP contribution is 2.25. The van der Waals surface area contributed by atoms with Gasteiger partial charge in [0, 0.05) is 22.7 Å². The Balaban J connectivity index is 2.22. The Morgan fingerprint density at radius 1 is 1.05 bits per heavy atom. The molecule has 0 radical (unpaired) electrons. The van der Waals surface area contributed by atoms with Gasteiger partial charge in [-0.1, -0.05) is 11.6 Å². The Labute approximate surface area is 120 Å². The van der Waals surface area contributed by atoms with Crippen LogP contribution in [0.5, 0.6) is 5.75 Å². The summed E-state index contributed by atoms with van der Waals surface area (Å²) in [6, 6.07) is 13.8. The van der Waals surface area contributed by atoms with Gasteiger partial charge in [-0.3, -0.25) is 4.79 Å². The van der Waals surface area contributed by atoms with Crippen LogP contribution in [0.15, 0.2) is 57.7 Å². The molecular weight excluding hydrogens is 276 g/mol. The maximum Gasteiger partial charge on any atom is 0.193 e. The smallest absolute Gasteiger partial charge is 0.193 e. The van der Waals surface area contributed by atoms with Crippen molar-refractivity contribution in [2.75, 3.05) is 7.11 Å². The molecule has 0 spiro atoms. The van der Waals surface area contributed by atoms with E-state index in [9.17, 15) is 4.79 Å². The van der Waals surface area contributed by atoms with E-state index in [1.807, 2.05) is 12.1 Å². The van der Waals surface area contributed by atoms with Crippen LogP contribution in [0.3, 0.4) is 0 Å². The fraction of sp³-hybridized carbons (Fsp3) is 0.0625. The first-order valence-electron chi connectivity index (χ1n) is 6.05. The summed E-state index contributed by atoms with van der Waals surface area (Å²) in [5.74, 6) is 1.15. The van der Waals surface area contributed by atoms with E-state index in [4.69, 9.17) is 20.8 Å². The van der Waals surface area contributed by atoms with Crippen molar-refractivity contribution in [1.82, 2.24) is 0 Å². The molecular formula is C16H11ClO3. The second-order valence-electron chi connectivity index (χ2n) is 4.34. The summed E-state index contributed by atoms with van der Waals surface area (Å²) in [5.41, 5.74) is 1.22. The predicted molar refractivity (Wildman–Crippen MR) is 79.5 cm³/mol. The van der Waals surface area contributed by atoms with Gasteiger partial charge in [-0.05, 0) is 36.4 Å². The van der Waals surface area contributed by atoms with Crippen molar-refractivity contribution < 1.29 is 9.15 Å². The summed E-state index contributed by atoms with van der Waals surface area (Å²) in [5, 5.41) is 1.17. The molecule has 0 aliphatic carbocycles. The standard InChI is InChI=1S/C16H11ClO3/c1-19-12-6-7-13-14(18)9-15(20-16(13)8-12)10-2-4-11(17)5-3-10/h2-9H,1H3. The summed E-state index contributed by atoms with van der Waals surface area (Å²) in [4.78, 5) is 12.1. The average Bonchev–Trinajstić information content (AvgIpc) is 2.47. The molecule has 1 aromatic heterocycles. The molecule has 0 unspecified atom stereocenters. The zero-order valence-corrected chi connectivity index (χ0v) is 11.5. The summed E-state index contributed by atoms with van der Waals surface area (Å²) >= 11 is 5.86. The third kappa shape index (κ3) is 2.28. The number of rotatable bonds is 2. The lowest BCUT2D eigenvalue weighted by Crippen LogP contribution is -2.00. The first kappa shape index (κ1) is 12.8. The quantitative estimate of drug-likeness (QED) is 0.711. The number of hydrogen-bond donors (Lipinski definition) is 0. The van der Waals surface area contributed by atoms with Gasteiger partial charge in [0.15, 0.2) is 5.43 Å². The average molecular weight is 287 g/mol. The van der Waals surface area contributed by atoms with Crippen molar-refractivity contribution in [2.24, 2.45) is 0 Å². The molecule has 4 heteroatoms. The molecule has 3 nitrogen and oxygen atoms in total. The molecule has 3 aromatic rings. The van der Waals surface area contributed by atoms with E-state index in [1.54, 1.807) is 37.4 Å². The van der Waals surface area contributed by atoms with Crippen LogP contribution < -0.4 is 10.2 Å². The third-order valence-electron chi connectivity index (χ3n) is 3.07. The minimum atomic E-state index is -0.0844. The molecule has 0 atom stereocenters. The fourth-order valence-corrected chi connectivity index (χ4v) is 2.14. The SMILES string of the molecule is COc1ccc2c(=O)cc(-c3ccc(Cl)cc3)oc2c1. The van der Waals surface area contributed by atoms with Crippen molar-refractivity contribution in [1.29, 1.82) is 0 Å². The maximum absolute atomic E-state index is 12.1. The van der Waals surface area contributed by atoms with Gasteiger partial charge in [-0.2, -0.15) is 0 Å². The largest absolute Gasteiger partial charge is 0.497 e. The topological polar surface area (TPSA) is 39.4 Å². The molecule has 0 saturated carbocycles. The maximum atomic E-state index is 12.1. The van der Waals surface area contributed by atoms with E-state index in [1.165, 1.54) is 6.07 Å². The molecule has 0 aliphatic rings. The molecule has 20 heavy (non-hydrogen) atoms. The van der Waals surface area contributed by atoms with Crippen molar-refractivity contribution in [2.45, 2.75) is 0 Å². The van der Waals surface area contributed by atoms with E-state index in [0.29, 0.717) is 27.5 Å². The van der Waals surface area contributed by atoms with Crippen LogP contribution >= 0.6 is 11.6 Å². The normalized spacial score (nSPS) is 10.7. The van der Waals surface area contributed by atoms with Crippen LogP contribution in [0, 0.1) is 0 Å². The summed E-state index contributed by atoms with van der Waals surface area (Å²) in [7, 11) is 1.57. The summed E-state index contributed by atoms with van der Waals surface area (Å²) < 4.78 is 10.9. The van der Waals surface area contributed by atoms with Crippen LogP contribution in [0.2, 0.25) is 5.02 Å². The van der Waals surface area contributed by atoms with Crippen LogP contribution in [0.1, 0.15) is 0 Å². The van der Waals surface area contributed by atoms with Gasteiger partial charge in [-0.25, -0.2) is 0 Å². The molecule has 1 heterocycles. The van der Waals surface area contributed by atoms with Crippen LogP contribution in [-0.2, 0) is 0 Å². The highest BCUT2D eigenvalue weighted by Gasteiger charge is 2.08. The number of halogens is 1. The molecule has 3 rings (SSSR count). The Kier molecular flexibility index (Phi) is 3.20. The monoisotopic (exact) mass is 286 g/mol. The molecule has 2 aromatic carbocycles. The molecule has 100 valence electrons. The Morgan fingerprint density at radius 3 is 2.50 bits per heavy atom. The van der Waals surface area contributed by atoms with Crippen LogP contribution in [0.25, 0.3) is 22.3 Å². The van der Waals surface area contributed by atoms with E-state index < -0.39 is 0 Å². The van der Waals surface area contributed by atoms with Crippen molar-refractivity contribution >= 4 is 22.6 Å². The van der Waals surface area contributed by atoms with Crippen LogP contribution in [-0.4, -0.2) is 7.11 Å². The zero-order valence-electron chi connectivity index (χ0n) is 10.7. The molecule has 0 bridgehead atoms. The van der Waals surface area contributed by atoms with E-state index in [0.717, 1.165) is 5.56 Å². The minimum Gasteiger partial charge on any atom is -0.497 e. The fourth-order valence-electron chi connectivity index (χ4n) is 2.02. The van der Waals surface area contributed by atoms with Crippen LogP contribution in [0.4, 0.5) is 0 Å². The highest BCUT2D eigenvalue weighted by molar-refractivity contribution is 6.30.